The van der Waals surface area contributed by atoms with Crippen LogP contribution in [0.25, 0.3) is 0 Å². The molecule has 3 atom stereocenters. The number of hydrogen-bond acceptors (Lipinski definition) is 3. The molecule has 3 unspecified atom stereocenters. The van der Waals surface area contributed by atoms with E-state index in [2.05, 4.69) is 31.3 Å². The van der Waals surface area contributed by atoms with Crippen LogP contribution in [-0.2, 0) is 0 Å². The molecule has 3 heteroatoms. The van der Waals surface area contributed by atoms with Crippen LogP contribution in [0.3, 0.4) is 0 Å². The van der Waals surface area contributed by atoms with Crippen molar-refractivity contribution in [3.05, 3.63) is 29.8 Å². The highest BCUT2D eigenvalue weighted by Gasteiger charge is 2.24. The second kappa shape index (κ2) is 6.58. The van der Waals surface area contributed by atoms with Crippen molar-refractivity contribution in [3.63, 3.8) is 0 Å². The fourth-order valence-corrected chi connectivity index (χ4v) is 2.78. The van der Waals surface area contributed by atoms with Gasteiger partial charge in [-0.25, -0.2) is 0 Å². The van der Waals surface area contributed by atoms with Crippen LogP contribution in [0, 0.1) is 17.2 Å². The maximum Gasteiger partial charge on any atom is 0.174 e. The molecule has 1 aliphatic rings. The van der Waals surface area contributed by atoms with E-state index < -0.39 is 0 Å². The summed E-state index contributed by atoms with van der Waals surface area (Å²) in [5.74, 6) is 1.53. The molecule has 0 radical (unpaired) electrons. The molecule has 1 N–H and O–H groups in total. The molecular formula is C16H22N2O. The summed E-state index contributed by atoms with van der Waals surface area (Å²) in [4.78, 5) is 0. The minimum atomic E-state index is 0.104. The first-order valence-corrected chi connectivity index (χ1v) is 7.06. The lowest BCUT2D eigenvalue weighted by molar-refractivity contribution is 0.367. The Hall–Kier alpha value is -1.53. The zero-order valence-corrected chi connectivity index (χ0v) is 11.7. The van der Waals surface area contributed by atoms with E-state index in [-0.39, 0.29) is 6.61 Å². The molecule has 1 aromatic rings. The SMILES string of the molecule is CC(NC1CCCC1C)c1ccc(OCC#N)cc1. The van der Waals surface area contributed by atoms with Crippen molar-refractivity contribution >= 4 is 0 Å². The van der Waals surface area contributed by atoms with Gasteiger partial charge in [0.05, 0.1) is 0 Å². The van der Waals surface area contributed by atoms with Crippen LogP contribution in [-0.4, -0.2) is 12.6 Å². The van der Waals surface area contributed by atoms with E-state index in [1.54, 1.807) is 0 Å². The van der Waals surface area contributed by atoms with E-state index in [0.717, 1.165) is 11.7 Å². The van der Waals surface area contributed by atoms with Gasteiger partial charge in [0, 0.05) is 12.1 Å². The first-order chi connectivity index (χ1) is 9.20. The Balaban J connectivity index is 1.92. The predicted molar refractivity (Wildman–Crippen MR) is 75.9 cm³/mol. The molecule has 0 bridgehead atoms. The summed E-state index contributed by atoms with van der Waals surface area (Å²) in [6.45, 7) is 4.64. The summed E-state index contributed by atoms with van der Waals surface area (Å²) in [5, 5.41) is 12.2. The van der Waals surface area contributed by atoms with E-state index >= 15 is 0 Å². The first-order valence-electron chi connectivity index (χ1n) is 7.06. The number of nitriles is 1. The summed E-state index contributed by atoms with van der Waals surface area (Å²) in [6, 6.07) is 11.0. The maximum atomic E-state index is 8.47. The van der Waals surface area contributed by atoms with E-state index in [0.29, 0.717) is 12.1 Å². The third kappa shape index (κ3) is 3.71. The van der Waals surface area contributed by atoms with Crippen molar-refractivity contribution in [2.75, 3.05) is 6.61 Å². The molecule has 0 saturated heterocycles. The number of benzene rings is 1. The largest absolute Gasteiger partial charge is 0.479 e. The predicted octanol–water partition coefficient (Wildman–Crippen LogP) is 3.43. The van der Waals surface area contributed by atoms with Gasteiger partial charge in [-0.15, -0.1) is 0 Å². The molecule has 0 aromatic heterocycles. The Morgan fingerprint density at radius 2 is 2.11 bits per heavy atom. The molecule has 2 rings (SSSR count). The second-order valence-corrected chi connectivity index (χ2v) is 5.42. The molecule has 0 spiro atoms. The van der Waals surface area contributed by atoms with Crippen molar-refractivity contribution < 1.29 is 4.74 Å². The van der Waals surface area contributed by atoms with E-state index in [9.17, 15) is 0 Å². The molecule has 0 heterocycles. The van der Waals surface area contributed by atoms with Gasteiger partial charge in [0.1, 0.15) is 11.8 Å². The lowest BCUT2D eigenvalue weighted by atomic mass is 10.0. The monoisotopic (exact) mass is 258 g/mol. The van der Waals surface area contributed by atoms with Crippen molar-refractivity contribution in [1.82, 2.24) is 5.32 Å². The van der Waals surface area contributed by atoms with Gasteiger partial charge in [-0.3, -0.25) is 0 Å². The highest BCUT2D eigenvalue weighted by Crippen LogP contribution is 2.27. The lowest BCUT2D eigenvalue weighted by Crippen LogP contribution is -2.33. The smallest absolute Gasteiger partial charge is 0.174 e. The third-order valence-corrected chi connectivity index (χ3v) is 4.01. The van der Waals surface area contributed by atoms with Gasteiger partial charge in [-0.05, 0) is 43.4 Å². The highest BCUT2D eigenvalue weighted by molar-refractivity contribution is 5.29. The van der Waals surface area contributed by atoms with Crippen LogP contribution in [0.15, 0.2) is 24.3 Å². The minimum Gasteiger partial charge on any atom is -0.479 e. The summed E-state index contributed by atoms with van der Waals surface area (Å²) in [5.41, 5.74) is 1.27. The highest BCUT2D eigenvalue weighted by atomic mass is 16.5. The van der Waals surface area contributed by atoms with Gasteiger partial charge >= 0.3 is 0 Å². The van der Waals surface area contributed by atoms with Gasteiger partial charge in [-0.1, -0.05) is 25.5 Å². The fraction of sp³-hybridized carbons (Fsp3) is 0.562. The molecule has 3 nitrogen and oxygen atoms in total. The summed E-state index contributed by atoms with van der Waals surface area (Å²) < 4.78 is 5.26. The first kappa shape index (κ1) is 13.9. The molecule has 1 saturated carbocycles. The summed E-state index contributed by atoms with van der Waals surface area (Å²) in [7, 11) is 0. The molecule has 1 aliphatic carbocycles. The lowest BCUT2D eigenvalue weighted by Gasteiger charge is -2.23. The van der Waals surface area contributed by atoms with Gasteiger partial charge in [0.25, 0.3) is 0 Å². The Morgan fingerprint density at radius 3 is 2.68 bits per heavy atom. The maximum absolute atomic E-state index is 8.47. The number of nitrogens with one attached hydrogen (secondary N) is 1. The number of hydrogen-bond donors (Lipinski definition) is 1. The van der Waals surface area contributed by atoms with Gasteiger partial charge < -0.3 is 10.1 Å². The van der Waals surface area contributed by atoms with Crippen LogP contribution in [0.1, 0.15) is 44.7 Å². The zero-order valence-electron chi connectivity index (χ0n) is 11.7. The number of rotatable bonds is 5. The zero-order chi connectivity index (χ0) is 13.7. The van der Waals surface area contributed by atoms with Crippen molar-refractivity contribution in [2.24, 2.45) is 5.92 Å². The second-order valence-electron chi connectivity index (χ2n) is 5.42. The average molecular weight is 258 g/mol. The van der Waals surface area contributed by atoms with Crippen molar-refractivity contribution in [1.29, 1.82) is 5.26 Å². The van der Waals surface area contributed by atoms with Gasteiger partial charge in [0.2, 0.25) is 0 Å². The Kier molecular flexibility index (Phi) is 4.81. The molecule has 1 aromatic carbocycles. The Labute approximate surface area is 115 Å². The molecule has 102 valence electrons. The van der Waals surface area contributed by atoms with Crippen LogP contribution in [0.4, 0.5) is 0 Å². The van der Waals surface area contributed by atoms with Crippen LogP contribution in [0.2, 0.25) is 0 Å². The average Bonchev–Trinajstić information content (AvgIpc) is 2.82. The third-order valence-electron chi connectivity index (χ3n) is 4.01. The Bertz CT molecular complexity index is 435. The minimum absolute atomic E-state index is 0.104. The van der Waals surface area contributed by atoms with Crippen LogP contribution < -0.4 is 10.1 Å². The van der Waals surface area contributed by atoms with Crippen LogP contribution in [0.5, 0.6) is 5.75 Å². The molecular weight excluding hydrogens is 236 g/mol. The quantitative estimate of drug-likeness (QED) is 0.880. The fourth-order valence-electron chi connectivity index (χ4n) is 2.78. The summed E-state index contributed by atoms with van der Waals surface area (Å²) >= 11 is 0. The standard InChI is InChI=1S/C16H22N2O/c1-12-4-3-5-16(12)18-13(2)14-6-8-15(9-7-14)19-11-10-17/h6-9,12-13,16,18H,3-5,11H2,1-2H3. The van der Waals surface area contributed by atoms with Gasteiger partial charge in [-0.2, -0.15) is 5.26 Å². The molecule has 19 heavy (non-hydrogen) atoms. The molecule has 0 amide bonds. The van der Waals surface area contributed by atoms with E-state index in [1.807, 2.05) is 18.2 Å². The van der Waals surface area contributed by atoms with Crippen molar-refractivity contribution in [3.8, 4) is 11.8 Å². The molecule has 0 aliphatic heterocycles. The number of ether oxygens (including phenoxy) is 1. The van der Waals surface area contributed by atoms with E-state index in [4.69, 9.17) is 10.00 Å². The van der Waals surface area contributed by atoms with Crippen molar-refractivity contribution in [2.45, 2.75) is 45.2 Å². The topological polar surface area (TPSA) is 45.0 Å². The van der Waals surface area contributed by atoms with Gasteiger partial charge in [0.15, 0.2) is 6.61 Å². The number of nitrogens with zero attached hydrogens (tertiary/aromatic N) is 1. The van der Waals surface area contributed by atoms with Crippen LogP contribution >= 0.6 is 0 Å². The summed E-state index contributed by atoms with van der Waals surface area (Å²) in [6.07, 6.45) is 3.96. The molecule has 1 fully saturated rings. The normalized spacial score (nSPS) is 23.8. The van der Waals surface area contributed by atoms with E-state index in [1.165, 1.54) is 24.8 Å². The Morgan fingerprint density at radius 1 is 1.37 bits per heavy atom.